The zero-order chi connectivity index (χ0) is 15.5. The molecule has 0 radical (unpaired) electrons. The molecule has 1 aromatic heterocycles. The molecular weight excluding hydrogens is 298 g/mol. The summed E-state index contributed by atoms with van der Waals surface area (Å²) in [6.07, 6.45) is 3.26. The lowest BCUT2D eigenvalue weighted by Gasteiger charge is -2.21. The third kappa shape index (κ3) is 6.77. The zero-order valence-corrected chi connectivity index (χ0v) is 14.2. The molecule has 0 spiro atoms. The Labute approximate surface area is 137 Å². The monoisotopic (exact) mass is 325 g/mol. The normalized spacial score (nSPS) is 16.7. The van der Waals surface area contributed by atoms with Gasteiger partial charge in [-0.25, -0.2) is 0 Å². The van der Waals surface area contributed by atoms with Crippen molar-refractivity contribution < 1.29 is 9.47 Å². The maximum absolute atomic E-state index is 5.75. The summed E-state index contributed by atoms with van der Waals surface area (Å²) < 4.78 is 11.1. The van der Waals surface area contributed by atoms with Crippen molar-refractivity contribution in [3.8, 4) is 0 Å². The molecule has 1 fully saturated rings. The number of rotatable bonds is 8. The number of hydrogen-bond donors (Lipinski definition) is 2. The van der Waals surface area contributed by atoms with Crippen LogP contribution in [0.15, 0.2) is 21.8 Å². The van der Waals surface area contributed by atoms with Gasteiger partial charge in [0.2, 0.25) is 0 Å². The minimum Gasteiger partial charge on any atom is -0.381 e. The smallest absolute Gasteiger partial charge is 0.191 e. The standard InChI is InChI=1S/C16H27N3O2S/c1-17-16(19-11-15-5-10-22-13-15)18-6-2-7-21-12-14-3-8-20-9-4-14/h5,10,13-14H,2-4,6-9,11-12H2,1H3,(H2,17,18,19). The first kappa shape index (κ1) is 17.2. The van der Waals surface area contributed by atoms with E-state index in [1.54, 1.807) is 18.4 Å². The molecule has 0 aliphatic carbocycles. The molecule has 0 bridgehead atoms. The van der Waals surface area contributed by atoms with Crippen LogP contribution in [0, 0.1) is 5.92 Å². The Bertz CT molecular complexity index is 417. The fraction of sp³-hybridized carbons (Fsp3) is 0.688. The summed E-state index contributed by atoms with van der Waals surface area (Å²) in [5, 5.41) is 10.8. The average Bonchev–Trinajstić information content (AvgIpc) is 3.08. The highest BCUT2D eigenvalue weighted by molar-refractivity contribution is 7.07. The maximum Gasteiger partial charge on any atom is 0.191 e. The number of nitrogens with one attached hydrogen (secondary N) is 2. The molecule has 2 rings (SSSR count). The van der Waals surface area contributed by atoms with Crippen molar-refractivity contribution in [3.63, 3.8) is 0 Å². The van der Waals surface area contributed by atoms with E-state index in [4.69, 9.17) is 9.47 Å². The number of nitrogens with zero attached hydrogens (tertiary/aromatic N) is 1. The van der Waals surface area contributed by atoms with Crippen molar-refractivity contribution in [3.05, 3.63) is 22.4 Å². The van der Waals surface area contributed by atoms with Gasteiger partial charge in [-0.3, -0.25) is 4.99 Å². The largest absolute Gasteiger partial charge is 0.381 e. The first-order valence-corrected chi connectivity index (χ1v) is 8.94. The minimum absolute atomic E-state index is 0.682. The Morgan fingerprint density at radius 3 is 3.00 bits per heavy atom. The van der Waals surface area contributed by atoms with Gasteiger partial charge in [-0.15, -0.1) is 0 Å². The highest BCUT2D eigenvalue weighted by atomic mass is 32.1. The van der Waals surface area contributed by atoms with Crippen LogP contribution < -0.4 is 10.6 Å². The van der Waals surface area contributed by atoms with Crippen LogP contribution in [0.2, 0.25) is 0 Å². The molecule has 0 aromatic carbocycles. The zero-order valence-electron chi connectivity index (χ0n) is 13.3. The second kappa shape index (κ2) is 10.6. The molecule has 1 aliphatic rings. The lowest BCUT2D eigenvalue weighted by atomic mass is 10.0. The van der Waals surface area contributed by atoms with Gasteiger partial charge in [-0.1, -0.05) is 0 Å². The molecule has 2 N–H and O–H groups in total. The van der Waals surface area contributed by atoms with Crippen LogP contribution in [0.25, 0.3) is 0 Å². The Morgan fingerprint density at radius 2 is 2.27 bits per heavy atom. The van der Waals surface area contributed by atoms with E-state index in [0.29, 0.717) is 5.92 Å². The van der Waals surface area contributed by atoms with Gasteiger partial charge in [-0.2, -0.15) is 11.3 Å². The van der Waals surface area contributed by atoms with E-state index in [2.05, 4.69) is 32.5 Å². The second-order valence-corrected chi connectivity index (χ2v) is 6.25. The van der Waals surface area contributed by atoms with Crippen LogP contribution in [0.5, 0.6) is 0 Å². The van der Waals surface area contributed by atoms with Crippen LogP contribution in [-0.4, -0.2) is 46.0 Å². The van der Waals surface area contributed by atoms with Crippen molar-refractivity contribution in [2.45, 2.75) is 25.8 Å². The summed E-state index contributed by atoms with van der Waals surface area (Å²) in [7, 11) is 1.80. The van der Waals surface area contributed by atoms with E-state index in [1.807, 2.05) is 0 Å². The predicted octanol–water partition coefficient (Wildman–Crippen LogP) is 2.25. The fourth-order valence-corrected chi connectivity index (χ4v) is 3.01. The van der Waals surface area contributed by atoms with Gasteiger partial charge in [0.05, 0.1) is 0 Å². The van der Waals surface area contributed by atoms with Crippen molar-refractivity contribution in [1.82, 2.24) is 10.6 Å². The molecular formula is C16H27N3O2S. The van der Waals surface area contributed by atoms with Gasteiger partial charge in [0.1, 0.15) is 0 Å². The van der Waals surface area contributed by atoms with Gasteiger partial charge in [-0.05, 0) is 47.6 Å². The van der Waals surface area contributed by atoms with Gasteiger partial charge in [0, 0.05) is 46.6 Å². The van der Waals surface area contributed by atoms with Gasteiger partial charge >= 0.3 is 0 Å². The van der Waals surface area contributed by atoms with Gasteiger partial charge in [0.15, 0.2) is 5.96 Å². The van der Waals surface area contributed by atoms with Crippen LogP contribution in [0.4, 0.5) is 0 Å². The fourth-order valence-electron chi connectivity index (χ4n) is 2.34. The van der Waals surface area contributed by atoms with E-state index in [-0.39, 0.29) is 0 Å². The Hall–Kier alpha value is -1.11. The topological polar surface area (TPSA) is 54.9 Å². The lowest BCUT2D eigenvalue weighted by molar-refractivity contribution is 0.0203. The van der Waals surface area contributed by atoms with E-state index in [9.17, 15) is 0 Å². The minimum atomic E-state index is 0.682. The van der Waals surface area contributed by atoms with Crippen LogP contribution in [-0.2, 0) is 16.0 Å². The molecule has 0 saturated carbocycles. The summed E-state index contributed by atoms with van der Waals surface area (Å²) in [4.78, 5) is 4.22. The summed E-state index contributed by atoms with van der Waals surface area (Å²) >= 11 is 1.71. The maximum atomic E-state index is 5.75. The van der Waals surface area contributed by atoms with Crippen molar-refractivity contribution in [2.75, 3.05) is 40.0 Å². The summed E-state index contributed by atoms with van der Waals surface area (Å²) in [5.74, 6) is 1.53. The van der Waals surface area contributed by atoms with Crippen LogP contribution in [0.3, 0.4) is 0 Å². The first-order chi connectivity index (χ1) is 10.9. The molecule has 1 saturated heterocycles. The van der Waals surface area contributed by atoms with E-state index >= 15 is 0 Å². The van der Waals surface area contributed by atoms with E-state index in [1.165, 1.54) is 5.56 Å². The lowest BCUT2D eigenvalue weighted by Crippen LogP contribution is -2.37. The average molecular weight is 325 g/mol. The molecule has 1 aromatic rings. The highest BCUT2D eigenvalue weighted by Crippen LogP contribution is 2.14. The molecule has 124 valence electrons. The molecule has 2 heterocycles. The molecule has 0 atom stereocenters. The third-order valence-corrected chi connectivity index (χ3v) is 4.45. The van der Waals surface area contributed by atoms with Crippen LogP contribution >= 0.6 is 11.3 Å². The number of ether oxygens (including phenoxy) is 2. The summed E-state index contributed by atoms with van der Waals surface area (Å²) in [5.41, 5.74) is 1.28. The van der Waals surface area contributed by atoms with Crippen molar-refractivity contribution in [2.24, 2.45) is 10.9 Å². The summed E-state index contributed by atoms with van der Waals surface area (Å²) in [6, 6.07) is 2.12. The van der Waals surface area contributed by atoms with E-state index in [0.717, 1.165) is 64.7 Å². The molecule has 6 heteroatoms. The number of hydrogen-bond acceptors (Lipinski definition) is 4. The molecule has 0 amide bonds. The Balaban J connectivity index is 1.47. The van der Waals surface area contributed by atoms with Crippen molar-refractivity contribution >= 4 is 17.3 Å². The Morgan fingerprint density at radius 1 is 1.41 bits per heavy atom. The van der Waals surface area contributed by atoms with Crippen LogP contribution in [0.1, 0.15) is 24.8 Å². The first-order valence-electron chi connectivity index (χ1n) is 7.99. The third-order valence-electron chi connectivity index (χ3n) is 3.72. The van der Waals surface area contributed by atoms with Gasteiger partial charge in [0.25, 0.3) is 0 Å². The second-order valence-electron chi connectivity index (χ2n) is 5.47. The molecule has 0 unspecified atom stereocenters. The molecule has 22 heavy (non-hydrogen) atoms. The molecule has 5 nitrogen and oxygen atoms in total. The van der Waals surface area contributed by atoms with E-state index < -0.39 is 0 Å². The highest BCUT2D eigenvalue weighted by Gasteiger charge is 2.13. The predicted molar refractivity (Wildman–Crippen MR) is 91.5 cm³/mol. The molecule has 1 aliphatic heterocycles. The summed E-state index contributed by atoms with van der Waals surface area (Å²) in [6.45, 7) is 5.13. The SMILES string of the molecule is CN=C(NCCCOCC1CCOCC1)NCc1ccsc1. The van der Waals surface area contributed by atoms with Gasteiger partial charge < -0.3 is 20.1 Å². The quantitative estimate of drug-likeness (QED) is 0.437. The number of thiophene rings is 1. The van der Waals surface area contributed by atoms with Crippen molar-refractivity contribution in [1.29, 1.82) is 0 Å². The number of guanidine groups is 1. The Kier molecular flexibility index (Phi) is 8.30. The number of aliphatic imine (C=N–C) groups is 1.